The van der Waals surface area contributed by atoms with E-state index in [0.29, 0.717) is 11.8 Å². The van der Waals surface area contributed by atoms with Crippen LogP contribution in [-0.2, 0) is 17.6 Å². The second kappa shape index (κ2) is 20.4. The van der Waals surface area contributed by atoms with Gasteiger partial charge >= 0.3 is 0 Å². The molecule has 2 heterocycles. The Hall–Kier alpha value is -3.30. The van der Waals surface area contributed by atoms with E-state index in [0.717, 1.165) is 48.9 Å². The number of ether oxygens (including phenoxy) is 1. The number of hydrogen-bond acceptors (Lipinski definition) is 3. The largest absolute Gasteiger partial charge is 0.365 e. The summed E-state index contributed by atoms with van der Waals surface area (Å²) >= 11 is 0. The Morgan fingerprint density at radius 3 is 1.21 bits per heavy atom. The second-order valence-corrected chi connectivity index (χ2v) is 16.7. The van der Waals surface area contributed by atoms with Crippen molar-refractivity contribution in [2.45, 2.75) is 155 Å². The molecule has 0 aliphatic heterocycles. The number of nitrogens with zero attached hydrogens (tertiary/aromatic N) is 2. The lowest BCUT2D eigenvalue weighted by atomic mass is 9.74. The van der Waals surface area contributed by atoms with E-state index >= 15 is 0 Å². The molecule has 4 aromatic rings. The van der Waals surface area contributed by atoms with Crippen LogP contribution < -0.4 is 0 Å². The van der Waals surface area contributed by atoms with E-state index in [-0.39, 0.29) is 12.2 Å². The van der Waals surface area contributed by atoms with Gasteiger partial charge in [-0.25, -0.2) is 0 Å². The van der Waals surface area contributed by atoms with E-state index < -0.39 is 0 Å². The molecule has 0 radical (unpaired) electrons. The van der Waals surface area contributed by atoms with E-state index in [9.17, 15) is 0 Å². The average Bonchev–Trinajstić information content (AvgIpc) is 3.21. The summed E-state index contributed by atoms with van der Waals surface area (Å²) < 4.78 is 7.68. The maximum absolute atomic E-state index is 7.68. The number of aryl methyl sites for hydroxylation is 2. The minimum Gasteiger partial charge on any atom is -0.365 e. The first kappa shape index (κ1) is 39.4. The average molecular weight is 713 g/mol. The normalized spacial score (nSPS) is 21.7. The van der Waals surface area contributed by atoms with Gasteiger partial charge in [0.05, 0.1) is 23.6 Å². The lowest BCUT2D eigenvalue weighted by Gasteiger charge is -2.40. The van der Waals surface area contributed by atoms with Crippen molar-refractivity contribution in [3.05, 3.63) is 107 Å². The first-order valence-corrected chi connectivity index (χ1v) is 21.8. The quantitative estimate of drug-likeness (QED) is 0.103. The molecule has 3 nitrogen and oxygen atoms in total. The molecule has 2 fully saturated rings. The highest BCUT2D eigenvalue weighted by Crippen LogP contribution is 2.47. The predicted octanol–water partition coefficient (Wildman–Crippen LogP) is 14.5. The highest BCUT2D eigenvalue weighted by atomic mass is 16.5. The lowest BCUT2D eigenvalue weighted by Crippen LogP contribution is -2.28. The molecule has 0 N–H and O–H groups in total. The molecule has 53 heavy (non-hydrogen) atoms. The number of hydrogen-bond donors (Lipinski definition) is 0. The molecule has 0 amide bonds. The summed E-state index contributed by atoms with van der Waals surface area (Å²) in [4.78, 5) is 9.69. The maximum Gasteiger partial charge on any atom is 0.0861 e. The fraction of sp³-hybridized carbons (Fsp3) is 0.560. The van der Waals surface area contributed by atoms with Gasteiger partial charge in [0.1, 0.15) is 0 Å². The first-order valence-electron chi connectivity index (χ1n) is 21.8. The third-order valence-electron chi connectivity index (χ3n) is 12.7. The van der Waals surface area contributed by atoms with Crippen molar-refractivity contribution < 1.29 is 4.74 Å². The summed E-state index contributed by atoms with van der Waals surface area (Å²) in [7, 11) is 0. The van der Waals surface area contributed by atoms with Crippen molar-refractivity contribution in [2.24, 2.45) is 23.7 Å². The van der Waals surface area contributed by atoms with Crippen molar-refractivity contribution in [1.82, 2.24) is 9.97 Å². The lowest BCUT2D eigenvalue weighted by molar-refractivity contribution is -0.0907. The van der Waals surface area contributed by atoms with Crippen molar-refractivity contribution in [1.29, 1.82) is 0 Å². The predicted molar refractivity (Wildman–Crippen MR) is 224 cm³/mol. The highest BCUT2D eigenvalue weighted by Gasteiger charge is 2.36. The molecule has 6 rings (SSSR count). The van der Waals surface area contributed by atoms with Crippen LogP contribution in [0.2, 0.25) is 0 Å². The van der Waals surface area contributed by atoms with Gasteiger partial charge in [-0.1, -0.05) is 165 Å². The van der Waals surface area contributed by atoms with Crippen LogP contribution in [0, 0.1) is 23.7 Å². The van der Waals surface area contributed by atoms with Gasteiger partial charge < -0.3 is 4.74 Å². The molecule has 0 spiro atoms. The van der Waals surface area contributed by atoms with Crippen molar-refractivity contribution in [2.75, 3.05) is 0 Å². The van der Waals surface area contributed by atoms with E-state index in [1.54, 1.807) is 0 Å². The Bertz CT molecular complexity index is 1470. The first-order chi connectivity index (χ1) is 26.1. The third-order valence-corrected chi connectivity index (χ3v) is 12.7. The fourth-order valence-electron chi connectivity index (χ4n) is 9.38. The van der Waals surface area contributed by atoms with E-state index in [4.69, 9.17) is 14.7 Å². The van der Waals surface area contributed by atoms with Gasteiger partial charge in [0.15, 0.2) is 0 Å². The molecule has 2 aromatic carbocycles. The smallest absolute Gasteiger partial charge is 0.0861 e. The van der Waals surface area contributed by atoms with Crippen molar-refractivity contribution >= 4 is 0 Å². The minimum atomic E-state index is 0.0892. The fourth-order valence-corrected chi connectivity index (χ4v) is 9.38. The molecule has 0 bridgehead atoms. The van der Waals surface area contributed by atoms with Gasteiger partial charge in [0.25, 0.3) is 0 Å². The number of unbranched alkanes of at least 4 members (excludes halogenated alkanes) is 2. The van der Waals surface area contributed by atoms with Crippen LogP contribution in [0.1, 0.15) is 165 Å². The van der Waals surface area contributed by atoms with Gasteiger partial charge in [-0.05, 0) is 96.6 Å². The molecule has 2 unspecified atom stereocenters. The van der Waals surface area contributed by atoms with Gasteiger partial charge in [-0.15, -0.1) is 0 Å². The van der Waals surface area contributed by atoms with Crippen LogP contribution >= 0.6 is 0 Å². The Balaban J connectivity index is 1.28. The Morgan fingerprint density at radius 1 is 0.491 bits per heavy atom. The second-order valence-electron chi connectivity index (χ2n) is 16.7. The maximum atomic E-state index is 7.68. The number of aromatic nitrogens is 2. The SMILES string of the molecule is CCCCC1CCC(C(OC(c2ccc(-c3ccc(CCC)cn3)cc2)C2CCC(CCCC)CC2)c2ccc(-c3ccc(CCC)cn3)cc2)CC1. The summed E-state index contributed by atoms with van der Waals surface area (Å²) in [5.74, 6) is 2.84. The highest BCUT2D eigenvalue weighted by molar-refractivity contribution is 5.60. The summed E-state index contributed by atoms with van der Waals surface area (Å²) in [5, 5.41) is 0. The Kier molecular flexibility index (Phi) is 15.2. The van der Waals surface area contributed by atoms with Crippen LogP contribution in [0.15, 0.2) is 85.2 Å². The van der Waals surface area contributed by atoms with Gasteiger partial charge in [-0.2, -0.15) is 0 Å². The molecule has 0 saturated heterocycles. The van der Waals surface area contributed by atoms with Crippen LogP contribution in [0.3, 0.4) is 0 Å². The zero-order valence-corrected chi connectivity index (χ0v) is 33.6. The van der Waals surface area contributed by atoms with Crippen LogP contribution in [0.25, 0.3) is 22.5 Å². The van der Waals surface area contributed by atoms with Gasteiger partial charge in [0.2, 0.25) is 0 Å². The number of pyridine rings is 2. The standard InChI is InChI=1S/C50H68N2O/c1-5-9-13-37-15-21-43(22-16-37)49(45-29-25-41(26-30-45)47-33-19-39(11-7-3)35-51-47)53-50(44-23-17-38(18-24-44)14-10-6-2)46-31-27-42(28-32-46)48-34-20-40(12-8-4)36-52-48/h19-20,25-38,43-44,49-50H,5-18,21-24H2,1-4H3. The molecular weight excluding hydrogens is 645 g/mol. The summed E-state index contributed by atoms with van der Waals surface area (Å²) in [5.41, 5.74) is 9.78. The van der Waals surface area contributed by atoms with Gasteiger partial charge in [0, 0.05) is 23.5 Å². The molecule has 2 aromatic heterocycles. The van der Waals surface area contributed by atoms with E-state index in [2.05, 4.69) is 113 Å². The molecule has 284 valence electrons. The zero-order chi connectivity index (χ0) is 36.8. The number of rotatable bonds is 18. The van der Waals surface area contributed by atoms with Crippen LogP contribution in [0.4, 0.5) is 0 Å². The van der Waals surface area contributed by atoms with E-state index in [1.165, 1.54) is 123 Å². The van der Waals surface area contributed by atoms with Crippen molar-refractivity contribution in [3.8, 4) is 22.5 Å². The van der Waals surface area contributed by atoms with Crippen molar-refractivity contribution in [3.63, 3.8) is 0 Å². The molecule has 2 aliphatic rings. The molecular formula is C50H68N2O. The zero-order valence-electron chi connectivity index (χ0n) is 33.6. The molecule has 3 heteroatoms. The topological polar surface area (TPSA) is 35.0 Å². The summed E-state index contributed by atoms with van der Waals surface area (Å²) in [6.07, 6.45) is 27.2. The minimum absolute atomic E-state index is 0.0892. The summed E-state index contributed by atoms with van der Waals surface area (Å²) in [6.45, 7) is 9.12. The Morgan fingerprint density at radius 2 is 0.887 bits per heavy atom. The Labute approximate surface area is 322 Å². The summed E-state index contributed by atoms with van der Waals surface area (Å²) in [6, 6.07) is 27.5. The third kappa shape index (κ3) is 10.9. The van der Waals surface area contributed by atoms with Crippen LogP contribution in [0.5, 0.6) is 0 Å². The molecule has 2 atom stereocenters. The van der Waals surface area contributed by atoms with Gasteiger partial charge in [-0.3, -0.25) is 9.97 Å². The van der Waals surface area contributed by atoms with Crippen LogP contribution in [-0.4, -0.2) is 9.97 Å². The molecule has 2 aliphatic carbocycles. The molecule has 2 saturated carbocycles. The monoisotopic (exact) mass is 713 g/mol. The number of benzene rings is 2. The van der Waals surface area contributed by atoms with E-state index in [1.807, 2.05) is 0 Å².